The van der Waals surface area contributed by atoms with Crippen molar-refractivity contribution < 1.29 is 8.83 Å². The van der Waals surface area contributed by atoms with Crippen molar-refractivity contribution in [3.05, 3.63) is 101 Å². The zero-order valence-electron chi connectivity index (χ0n) is 19.6. The molecule has 2 heterocycles. The van der Waals surface area contributed by atoms with E-state index < -0.39 is 0 Å². The molecule has 188 valence electrons. The van der Waals surface area contributed by atoms with E-state index in [0.717, 1.165) is 17.1 Å². The number of anilines is 5. The normalized spacial score (nSPS) is 10.9. The third-order valence-corrected chi connectivity index (χ3v) is 5.94. The SMILES string of the molecule is Clc1ccc(Nc2nnc(CCN(CCc3nnc(Nc4ccc(Cl)cc4)o3)c3ccccc3)o2)cc1. The lowest BCUT2D eigenvalue weighted by molar-refractivity contribution is 0.494. The van der Waals surface area contributed by atoms with Gasteiger partial charge in [0.05, 0.1) is 0 Å². The molecule has 2 N–H and O–H groups in total. The number of benzene rings is 3. The number of nitrogens with one attached hydrogen (secondary N) is 2. The molecule has 0 spiro atoms. The summed E-state index contributed by atoms with van der Waals surface area (Å²) in [5, 5.41) is 24.0. The first-order valence-electron chi connectivity index (χ1n) is 11.6. The van der Waals surface area contributed by atoms with E-state index in [1.165, 1.54) is 0 Å². The third-order valence-electron chi connectivity index (χ3n) is 5.44. The van der Waals surface area contributed by atoms with Gasteiger partial charge in [-0.25, -0.2) is 0 Å². The molecule has 0 radical (unpaired) electrons. The number of nitrogens with zero attached hydrogens (tertiary/aromatic N) is 5. The van der Waals surface area contributed by atoms with Gasteiger partial charge in [-0.05, 0) is 60.7 Å². The number of halogens is 2. The van der Waals surface area contributed by atoms with Gasteiger partial charge in [0.2, 0.25) is 11.8 Å². The van der Waals surface area contributed by atoms with E-state index in [9.17, 15) is 0 Å². The van der Waals surface area contributed by atoms with Crippen molar-refractivity contribution in [2.75, 3.05) is 28.6 Å². The van der Waals surface area contributed by atoms with Gasteiger partial charge < -0.3 is 24.4 Å². The Morgan fingerprint density at radius 1 is 0.595 bits per heavy atom. The van der Waals surface area contributed by atoms with E-state index in [2.05, 4.69) is 48.1 Å². The Bertz CT molecular complexity index is 1320. The van der Waals surface area contributed by atoms with E-state index in [0.29, 0.717) is 59.8 Å². The fraction of sp³-hybridized carbons (Fsp3) is 0.154. The van der Waals surface area contributed by atoms with Gasteiger partial charge in [-0.3, -0.25) is 0 Å². The molecule has 0 aliphatic rings. The van der Waals surface area contributed by atoms with Gasteiger partial charge in [0.1, 0.15) is 0 Å². The Hall–Kier alpha value is -4.08. The second kappa shape index (κ2) is 11.8. The first-order chi connectivity index (χ1) is 18.1. The monoisotopic (exact) mass is 535 g/mol. The molecule has 0 fully saturated rings. The summed E-state index contributed by atoms with van der Waals surface area (Å²) >= 11 is 11.9. The highest BCUT2D eigenvalue weighted by molar-refractivity contribution is 6.30. The smallest absolute Gasteiger partial charge is 0.320 e. The van der Waals surface area contributed by atoms with Crippen LogP contribution in [0.25, 0.3) is 0 Å². The summed E-state index contributed by atoms with van der Waals surface area (Å²) in [4.78, 5) is 2.22. The lowest BCUT2D eigenvalue weighted by Gasteiger charge is -2.23. The van der Waals surface area contributed by atoms with Crippen LogP contribution in [0.2, 0.25) is 10.0 Å². The zero-order valence-corrected chi connectivity index (χ0v) is 21.2. The Labute approximate surface area is 223 Å². The van der Waals surface area contributed by atoms with Crippen LogP contribution in [0.3, 0.4) is 0 Å². The topological polar surface area (TPSA) is 105 Å². The van der Waals surface area contributed by atoms with Gasteiger partial charge in [0, 0.05) is 53.0 Å². The largest absolute Gasteiger partial charge is 0.408 e. The van der Waals surface area contributed by atoms with Crippen molar-refractivity contribution in [2.45, 2.75) is 12.8 Å². The van der Waals surface area contributed by atoms with Crippen molar-refractivity contribution in [3.63, 3.8) is 0 Å². The summed E-state index contributed by atoms with van der Waals surface area (Å²) in [6.45, 7) is 1.33. The second-order valence-electron chi connectivity index (χ2n) is 8.09. The summed E-state index contributed by atoms with van der Waals surface area (Å²) in [6, 6.07) is 25.3. The Balaban J connectivity index is 1.19. The van der Waals surface area contributed by atoms with Crippen LogP contribution in [0.1, 0.15) is 11.8 Å². The molecule has 11 heteroatoms. The van der Waals surface area contributed by atoms with Crippen LogP contribution in [-0.4, -0.2) is 33.5 Å². The summed E-state index contributed by atoms with van der Waals surface area (Å²) in [7, 11) is 0. The molecular formula is C26H23Cl2N7O2. The second-order valence-corrected chi connectivity index (χ2v) is 8.96. The third kappa shape index (κ3) is 6.99. The molecule has 0 aliphatic carbocycles. The highest BCUT2D eigenvalue weighted by Crippen LogP contribution is 2.21. The molecule has 0 amide bonds. The minimum atomic E-state index is 0.329. The summed E-state index contributed by atoms with van der Waals surface area (Å²) in [5.41, 5.74) is 2.70. The molecule has 0 unspecified atom stereocenters. The lowest BCUT2D eigenvalue weighted by Crippen LogP contribution is -2.28. The summed E-state index contributed by atoms with van der Waals surface area (Å²) in [6.07, 6.45) is 1.13. The highest BCUT2D eigenvalue weighted by Gasteiger charge is 2.14. The predicted molar refractivity (Wildman–Crippen MR) is 144 cm³/mol. The molecule has 0 saturated carbocycles. The molecule has 5 aromatic rings. The van der Waals surface area contributed by atoms with Gasteiger partial charge in [-0.15, -0.1) is 10.2 Å². The molecule has 5 rings (SSSR count). The fourth-order valence-electron chi connectivity index (χ4n) is 3.59. The first-order valence-corrected chi connectivity index (χ1v) is 12.4. The minimum Gasteiger partial charge on any atom is -0.408 e. The molecular weight excluding hydrogens is 513 g/mol. The van der Waals surface area contributed by atoms with E-state index in [1.54, 1.807) is 24.3 Å². The van der Waals surface area contributed by atoms with E-state index in [1.807, 2.05) is 42.5 Å². The average Bonchev–Trinajstić information content (AvgIpc) is 3.56. The van der Waals surface area contributed by atoms with Crippen molar-refractivity contribution in [3.8, 4) is 0 Å². The zero-order chi connectivity index (χ0) is 25.5. The first kappa shape index (κ1) is 24.6. The van der Waals surface area contributed by atoms with Crippen LogP contribution in [-0.2, 0) is 12.8 Å². The number of para-hydroxylation sites is 1. The maximum atomic E-state index is 5.94. The summed E-state index contributed by atoms with van der Waals surface area (Å²) < 4.78 is 11.6. The van der Waals surface area contributed by atoms with Crippen LogP contribution in [0.4, 0.5) is 29.1 Å². The number of hydrogen-bond donors (Lipinski definition) is 2. The predicted octanol–water partition coefficient (Wildman–Crippen LogP) is 6.54. The van der Waals surface area contributed by atoms with E-state index >= 15 is 0 Å². The van der Waals surface area contributed by atoms with E-state index in [-0.39, 0.29) is 0 Å². The van der Waals surface area contributed by atoms with Gasteiger partial charge >= 0.3 is 12.0 Å². The maximum Gasteiger partial charge on any atom is 0.320 e. The van der Waals surface area contributed by atoms with E-state index in [4.69, 9.17) is 32.0 Å². The Morgan fingerprint density at radius 3 is 1.51 bits per heavy atom. The van der Waals surface area contributed by atoms with Crippen LogP contribution in [0.5, 0.6) is 0 Å². The molecule has 9 nitrogen and oxygen atoms in total. The van der Waals surface area contributed by atoms with Crippen molar-refractivity contribution >= 4 is 52.3 Å². The van der Waals surface area contributed by atoms with Crippen molar-refractivity contribution in [1.29, 1.82) is 0 Å². The molecule has 0 saturated heterocycles. The number of rotatable bonds is 11. The molecule has 3 aromatic carbocycles. The van der Waals surface area contributed by atoms with Gasteiger partial charge in [0.25, 0.3) is 0 Å². The standard InChI is InChI=1S/C26H23Cl2N7O2/c27-18-6-10-20(11-7-18)29-25-33-31-23(36-25)14-16-35(22-4-2-1-3-5-22)17-15-24-32-34-26(37-24)30-21-12-8-19(28)9-13-21/h1-13H,14-17H2,(H,29,33)(H,30,34). The Kier molecular flexibility index (Phi) is 7.83. The van der Waals surface area contributed by atoms with Gasteiger partial charge in [0.15, 0.2) is 0 Å². The number of hydrogen-bond acceptors (Lipinski definition) is 9. The Morgan fingerprint density at radius 2 is 1.05 bits per heavy atom. The van der Waals surface area contributed by atoms with Crippen LogP contribution in [0, 0.1) is 0 Å². The molecule has 37 heavy (non-hydrogen) atoms. The van der Waals surface area contributed by atoms with Crippen molar-refractivity contribution in [2.24, 2.45) is 0 Å². The fourth-order valence-corrected chi connectivity index (χ4v) is 3.85. The lowest BCUT2D eigenvalue weighted by atomic mass is 10.2. The molecule has 2 aromatic heterocycles. The number of aromatic nitrogens is 4. The van der Waals surface area contributed by atoms with Crippen LogP contribution >= 0.6 is 23.2 Å². The highest BCUT2D eigenvalue weighted by atomic mass is 35.5. The molecule has 0 bridgehead atoms. The van der Waals surface area contributed by atoms with Crippen LogP contribution < -0.4 is 15.5 Å². The van der Waals surface area contributed by atoms with Gasteiger partial charge in [-0.1, -0.05) is 51.6 Å². The average molecular weight is 536 g/mol. The molecule has 0 aliphatic heterocycles. The minimum absolute atomic E-state index is 0.329. The van der Waals surface area contributed by atoms with Crippen molar-refractivity contribution in [1.82, 2.24) is 20.4 Å². The quantitative estimate of drug-likeness (QED) is 0.195. The molecule has 0 atom stereocenters. The summed E-state index contributed by atoms with van der Waals surface area (Å²) in [5.74, 6) is 1.06. The maximum absolute atomic E-state index is 5.94. The van der Waals surface area contributed by atoms with Gasteiger partial charge in [-0.2, -0.15) is 0 Å². The van der Waals surface area contributed by atoms with Crippen LogP contribution in [0.15, 0.2) is 87.7 Å².